The number of aromatic nitrogens is 1. The molecule has 0 amide bonds. The average Bonchev–Trinajstić information content (AvgIpc) is 2.61. The molecule has 142 valence electrons. The molecule has 2 aromatic rings. The molecule has 0 fully saturated rings. The standard InChI is InChI=1S/C18H20F3NO3S/c1-3-5-10-25-14-7-9-16(22-12-14)15-8-6-13(18(19,20)21)11-17(15)26(23,24)4-2/h6-9,11-12H,3-5,10H2,1-2H3. The monoisotopic (exact) mass is 387 g/mol. The summed E-state index contributed by atoms with van der Waals surface area (Å²) in [7, 11) is -3.86. The van der Waals surface area contributed by atoms with E-state index in [0.717, 1.165) is 25.0 Å². The first-order valence-corrected chi connectivity index (χ1v) is 9.87. The van der Waals surface area contributed by atoms with E-state index in [1.807, 2.05) is 6.92 Å². The van der Waals surface area contributed by atoms with Gasteiger partial charge in [0.05, 0.1) is 34.7 Å². The minimum absolute atomic E-state index is 0.139. The molecule has 1 aromatic heterocycles. The van der Waals surface area contributed by atoms with Crippen molar-refractivity contribution in [1.29, 1.82) is 0 Å². The van der Waals surface area contributed by atoms with Crippen LogP contribution in [0.25, 0.3) is 11.3 Å². The van der Waals surface area contributed by atoms with Gasteiger partial charge in [0.15, 0.2) is 9.84 Å². The van der Waals surface area contributed by atoms with Gasteiger partial charge >= 0.3 is 6.18 Å². The number of nitrogens with zero attached hydrogens (tertiary/aromatic N) is 1. The van der Waals surface area contributed by atoms with Crippen LogP contribution in [0.1, 0.15) is 32.3 Å². The summed E-state index contributed by atoms with van der Waals surface area (Å²) < 4.78 is 69.0. The summed E-state index contributed by atoms with van der Waals surface area (Å²) in [6.07, 6.45) is -1.32. The van der Waals surface area contributed by atoms with E-state index in [9.17, 15) is 21.6 Å². The molecule has 0 bridgehead atoms. The van der Waals surface area contributed by atoms with E-state index in [1.54, 1.807) is 12.1 Å². The summed E-state index contributed by atoms with van der Waals surface area (Å²) in [5, 5.41) is 0. The predicted molar refractivity (Wildman–Crippen MR) is 92.8 cm³/mol. The summed E-state index contributed by atoms with van der Waals surface area (Å²) in [5.41, 5.74) is -0.596. The molecule has 0 aliphatic heterocycles. The molecule has 0 spiro atoms. The Kier molecular flexibility index (Phi) is 6.28. The zero-order valence-corrected chi connectivity index (χ0v) is 15.3. The van der Waals surface area contributed by atoms with Crippen molar-refractivity contribution in [2.24, 2.45) is 0 Å². The van der Waals surface area contributed by atoms with E-state index >= 15 is 0 Å². The van der Waals surface area contributed by atoms with E-state index < -0.39 is 21.6 Å². The van der Waals surface area contributed by atoms with Crippen molar-refractivity contribution in [1.82, 2.24) is 4.98 Å². The van der Waals surface area contributed by atoms with Crippen LogP contribution in [-0.4, -0.2) is 25.8 Å². The SMILES string of the molecule is CCCCOc1ccc(-c2ccc(C(F)(F)F)cc2S(=O)(=O)CC)nc1. The van der Waals surface area contributed by atoms with E-state index in [2.05, 4.69) is 4.98 Å². The number of ether oxygens (including phenoxy) is 1. The average molecular weight is 387 g/mol. The summed E-state index contributed by atoms with van der Waals surface area (Å²) in [6.45, 7) is 3.95. The number of benzene rings is 1. The third kappa shape index (κ3) is 4.75. The highest BCUT2D eigenvalue weighted by Crippen LogP contribution is 2.35. The Morgan fingerprint density at radius 2 is 1.85 bits per heavy atom. The molecule has 1 aromatic carbocycles. The minimum atomic E-state index is -4.62. The topological polar surface area (TPSA) is 56.3 Å². The van der Waals surface area contributed by atoms with E-state index in [0.29, 0.717) is 18.4 Å². The quantitative estimate of drug-likeness (QED) is 0.644. The Bertz CT molecular complexity index is 847. The van der Waals surface area contributed by atoms with Crippen molar-refractivity contribution < 1.29 is 26.3 Å². The fraction of sp³-hybridized carbons (Fsp3) is 0.389. The number of alkyl halides is 3. The number of hydrogen-bond acceptors (Lipinski definition) is 4. The normalized spacial score (nSPS) is 12.2. The molecule has 4 nitrogen and oxygen atoms in total. The Labute approximate surface area is 150 Å². The summed E-state index contributed by atoms with van der Waals surface area (Å²) >= 11 is 0. The first-order valence-electron chi connectivity index (χ1n) is 8.22. The highest BCUT2D eigenvalue weighted by Gasteiger charge is 2.32. The van der Waals surface area contributed by atoms with Crippen molar-refractivity contribution in [2.75, 3.05) is 12.4 Å². The molecule has 0 radical (unpaired) electrons. The smallest absolute Gasteiger partial charge is 0.416 e. The van der Waals surface area contributed by atoms with Crippen molar-refractivity contribution >= 4 is 9.84 Å². The summed E-state index contributed by atoms with van der Waals surface area (Å²) in [6, 6.07) is 5.83. The molecule has 0 aliphatic rings. The third-order valence-electron chi connectivity index (χ3n) is 3.80. The Morgan fingerprint density at radius 1 is 1.12 bits per heavy atom. The molecular weight excluding hydrogens is 367 g/mol. The molecule has 26 heavy (non-hydrogen) atoms. The van der Waals surface area contributed by atoms with Crippen molar-refractivity contribution in [2.45, 2.75) is 37.8 Å². The van der Waals surface area contributed by atoms with E-state index in [1.165, 1.54) is 13.1 Å². The lowest BCUT2D eigenvalue weighted by Gasteiger charge is -2.13. The van der Waals surface area contributed by atoms with E-state index in [-0.39, 0.29) is 21.9 Å². The fourth-order valence-electron chi connectivity index (χ4n) is 2.28. The van der Waals surface area contributed by atoms with Crippen molar-refractivity contribution in [3.8, 4) is 17.0 Å². The van der Waals surface area contributed by atoms with Crippen LogP contribution >= 0.6 is 0 Å². The number of rotatable bonds is 7. The van der Waals surface area contributed by atoms with E-state index in [4.69, 9.17) is 4.74 Å². The van der Waals surface area contributed by atoms with Gasteiger partial charge in [-0.3, -0.25) is 4.98 Å². The number of halogens is 3. The molecule has 0 atom stereocenters. The molecule has 0 saturated heterocycles. The van der Waals surface area contributed by atoms with Crippen LogP contribution in [0.5, 0.6) is 5.75 Å². The van der Waals surface area contributed by atoms with Gasteiger partial charge in [0.2, 0.25) is 0 Å². The molecule has 0 aliphatic carbocycles. The van der Waals surface area contributed by atoms with Gasteiger partial charge in [0, 0.05) is 5.56 Å². The third-order valence-corrected chi connectivity index (χ3v) is 5.57. The van der Waals surface area contributed by atoms with Crippen LogP contribution in [-0.2, 0) is 16.0 Å². The van der Waals surface area contributed by atoms with Crippen molar-refractivity contribution in [3.05, 3.63) is 42.1 Å². The lowest BCUT2D eigenvalue weighted by atomic mass is 10.1. The van der Waals surface area contributed by atoms with Gasteiger partial charge in [-0.2, -0.15) is 13.2 Å². The highest BCUT2D eigenvalue weighted by atomic mass is 32.2. The van der Waals surface area contributed by atoms with Crippen LogP contribution < -0.4 is 4.74 Å². The van der Waals surface area contributed by atoms with Gasteiger partial charge in [-0.05, 0) is 30.7 Å². The molecule has 8 heteroatoms. The molecule has 0 N–H and O–H groups in total. The predicted octanol–water partition coefficient (Wildman–Crippen LogP) is 4.74. The second-order valence-corrected chi connectivity index (χ2v) is 7.94. The van der Waals surface area contributed by atoms with Crippen LogP contribution in [0.2, 0.25) is 0 Å². The Hall–Kier alpha value is -2.09. The zero-order chi connectivity index (χ0) is 19.4. The Morgan fingerprint density at radius 3 is 2.38 bits per heavy atom. The van der Waals surface area contributed by atoms with Gasteiger partial charge in [-0.1, -0.05) is 26.3 Å². The maximum atomic E-state index is 13.0. The number of hydrogen-bond donors (Lipinski definition) is 0. The molecular formula is C18H20F3NO3S. The Balaban J connectivity index is 2.45. The second kappa shape index (κ2) is 8.07. The number of sulfone groups is 1. The molecule has 2 rings (SSSR count). The maximum absolute atomic E-state index is 13.0. The van der Waals surface area contributed by atoms with Gasteiger partial charge in [-0.25, -0.2) is 8.42 Å². The lowest BCUT2D eigenvalue weighted by Crippen LogP contribution is -2.11. The fourth-order valence-corrected chi connectivity index (χ4v) is 3.41. The first-order chi connectivity index (χ1) is 12.2. The zero-order valence-electron chi connectivity index (χ0n) is 14.5. The van der Waals surface area contributed by atoms with Gasteiger partial charge in [-0.15, -0.1) is 0 Å². The maximum Gasteiger partial charge on any atom is 0.416 e. The lowest BCUT2D eigenvalue weighted by molar-refractivity contribution is -0.137. The van der Waals surface area contributed by atoms with Crippen LogP contribution in [0, 0.1) is 0 Å². The molecule has 0 unspecified atom stereocenters. The van der Waals surface area contributed by atoms with Gasteiger partial charge in [0.1, 0.15) is 5.75 Å². The molecule has 1 heterocycles. The first kappa shape index (κ1) is 20.2. The number of unbranched alkanes of at least 4 members (excludes halogenated alkanes) is 1. The highest BCUT2D eigenvalue weighted by molar-refractivity contribution is 7.91. The second-order valence-electron chi connectivity index (χ2n) is 5.69. The van der Waals surface area contributed by atoms with Crippen LogP contribution in [0.15, 0.2) is 41.4 Å². The van der Waals surface area contributed by atoms with Gasteiger partial charge in [0.25, 0.3) is 0 Å². The summed E-state index contributed by atoms with van der Waals surface area (Å²) in [4.78, 5) is 3.78. The van der Waals surface area contributed by atoms with Gasteiger partial charge < -0.3 is 4.74 Å². The largest absolute Gasteiger partial charge is 0.492 e. The number of pyridine rings is 1. The minimum Gasteiger partial charge on any atom is -0.492 e. The molecule has 0 saturated carbocycles. The van der Waals surface area contributed by atoms with Crippen LogP contribution in [0.3, 0.4) is 0 Å². The van der Waals surface area contributed by atoms with Crippen LogP contribution in [0.4, 0.5) is 13.2 Å². The van der Waals surface area contributed by atoms with Crippen molar-refractivity contribution in [3.63, 3.8) is 0 Å². The summed E-state index contributed by atoms with van der Waals surface area (Å²) in [5.74, 6) is 0.216.